The van der Waals surface area contributed by atoms with Gasteiger partial charge in [0.15, 0.2) is 0 Å². The van der Waals surface area contributed by atoms with Crippen LogP contribution in [0.3, 0.4) is 0 Å². The van der Waals surface area contributed by atoms with E-state index in [9.17, 15) is 0 Å². The van der Waals surface area contributed by atoms with Gasteiger partial charge in [-0.1, -0.05) is 24.8 Å². The van der Waals surface area contributed by atoms with Crippen LogP contribution in [0.4, 0.5) is 0 Å². The zero-order valence-corrected chi connectivity index (χ0v) is 4.85. The van der Waals surface area contributed by atoms with Crippen LogP contribution in [-0.4, -0.2) is 6.08 Å². The van der Waals surface area contributed by atoms with Crippen LogP contribution in [0.15, 0.2) is 24.8 Å². The Kier molecular flexibility index (Phi) is 21.1. The van der Waals surface area contributed by atoms with E-state index in [1.54, 1.807) is 6.08 Å². The van der Waals surface area contributed by atoms with Crippen molar-refractivity contribution in [2.45, 2.75) is 6.92 Å². The molecule has 0 amide bonds. The molecule has 8 heavy (non-hydrogen) atoms. The molecule has 0 aliphatic rings. The standard InChI is InChI=1S/C5H8.CHNO/c1-3-5-4-2;2-1-3/h3-5H,1H2,2H3;2H. The van der Waals surface area contributed by atoms with Gasteiger partial charge in [-0.2, -0.15) is 0 Å². The van der Waals surface area contributed by atoms with Gasteiger partial charge in [-0.05, 0) is 6.92 Å². The van der Waals surface area contributed by atoms with E-state index < -0.39 is 0 Å². The van der Waals surface area contributed by atoms with Crippen LogP contribution in [-0.2, 0) is 4.79 Å². The first kappa shape index (κ1) is 9.97. The first-order valence-corrected chi connectivity index (χ1v) is 2.11. The Morgan fingerprint density at radius 2 is 2.12 bits per heavy atom. The second-order valence-corrected chi connectivity index (χ2v) is 0.864. The van der Waals surface area contributed by atoms with E-state index >= 15 is 0 Å². The average Bonchev–Trinajstić information content (AvgIpc) is 1.71. The highest BCUT2D eigenvalue weighted by atomic mass is 16.1. The summed E-state index contributed by atoms with van der Waals surface area (Å²) in [5.41, 5.74) is 0. The predicted octanol–water partition coefficient (Wildman–Crippen LogP) is 1.65. The van der Waals surface area contributed by atoms with Gasteiger partial charge >= 0.3 is 0 Å². The second kappa shape index (κ2) is 16.9. The molecule has 44 valence electrons. The molecule has 0 aromatic carbocycles. The summed E-state index contributed by atoms with van der Waals surface area (Å²) in [6.45, 7) is 5.42. The molecular formula is C6H9NO. The number of rotatable bonds is 1. The molecule has 0 fully saturated rings. The molecule has 0 saturated carbocycles. The van der Waals surface area contributed by atoms with E-state index in [1.165, 1.54) is 0 Å². The zero-order valence-electron chi connectivity index (χ0n) is 4.85. The maximum Gasteiger partial charge on any atom is 0.231 e. The van der Waals surface area contributed by atoms with E-state index in [-0.39, 0.29) is 0 Å². The largest absolute Gasteiger partial charge is 0.231 e. The van der Waals surface area contributed by atoms with Gasteiger partial charge in [-0.25, -0.2) is 10.2 Å². The van der Waals surface area contributed by atoms with Crippen molar-refractivity contribution in [3.05, 3.63) is 24.8 Å². The molecule has 0 aromatic rings. The van der Waals surface area contributed by atoms with Gasteiger partial charge in [0.2, 0.25) is 6.08 Å². The van der Waals surface area contributed by atoms with Crippen molar-refractivity contribution in [1.82, 2.24) is 0 Å². The van der Waals surface area contributed by atoms with Crippen molar-refractivity contribution >= 4 is 6.08 Å². The summed E-state index contributed by atoms with van der Waals surface area (Å²) < 4.78 is 0. The van der Waals surface area contributed by atoms with Gasteiger partial charge in [0, 0.05) is 0 Å². The highest BCUT2D eigenvalue weighted by Crippen LogP contribution is 1.64. The zero-order chi connectivity index (χ0) is 6.83. The van der Waals surface area contributed by atoms with E-state index in [1.807, 2.05) is 19.1 Å². The number of isocyanates is 1. The lowest BCUT2D eigenvalue weighted by molar-refractivity contribution is 0.563. The summed E-state index contributed by atoms with van der Waals surface area (Å²) in [6, 6.07) is 0. The van der Waals surface area contributed by atoms with Crippen molar-refractivity contribution in [1.29, 1.82) is 5.41 Å². The minimum atomic E-state index is 0.750. The van der Waals surface area contributed by atoms with Crippen molar-refractivity contribution < 1.29 is 4.79 Å². The first-order valence-electron chi connectivity index (χ1n) is 2.11. The monoisotopic (exact) mass is 111 g/mol. The van der Waals surface area contributed by atoms with E-state index in [0.717, 1.165) is 6.08 Å². The minimum absolute atomic E-state index is 0.750. The Balaban J connectivity index is 0. The molecular weight excluding hydrogens is 102 g/mol. The summed E-state index contributed by atoms with van der Waals surface area (Å²) >= 11 is 0. The lowest BCUT2D eigenvalue weighted by Crippen LogP contribution is -1.33. The third-order valence-electron chi connectivity index (χ3n) is 0.329. The van der Waals surface area contributed by atoms with Crippen LogP contribution in [0.25, 0.3) is 0 Å². The Bertz CT molecular complexity index is 99.1. The van der Waals surface area contributed by atoms with Crippen LogP contribution in [0.1, 0.15) is 6.92 Å². The lowest BCUT2D eigenvalue weighted by Gasteiger charge is -1.56. The predicted molar refractivity (Wildman–Crippen MR) is 33.4 cm³/mol. The molecule has 0 spiro atoms. The summed E-state index contributed by atoms with van der Waals surface area (Å²) in [5, 5.41) is 5.40. The summed E-state index contributed by atoms with van der Waals surface area (Å²) in [4.78, 5) is 8.35. The summed E-state index contributed by atoms with van der Waals surface area (Å²) in [5.74, 6) is 0. The van der Waals surface area contributed by atoms with Gasteiger partial charge in [0.05, 0.1) is 0 Å². The fourth-order valence-electron chi connectivity index (χ4n) is 0.136. The number of allylic oxidation sites excluding steroid dienone is 3. The Morgan fingerprint density at radius 3 is 2.12 bits per heavy atom. The maximum absolute atomic E-state index is 8.35. The molecule has 2 heteroatoms. The van der Waals surface area contributed by atoms with Crippen LogP contribution in [0.2, 0.25) is 0 Å². The maximum atomic E-state index is 8.35. The molecule has 0 unspecified atom stereocenters. The summed E-state index contributed by atoms with van der Waals surface area (Å²) in [7, 11) is 0. The Labute approximate surface area is 49.0 Å². The molecule has 0 heterocycles. The molecule has 0 aliphatic heterocycles. The average molecular weight is 111 g/mol. The number of hydrogen-bond donors (Lipinski definition) is 1. The molecule has 1 N–H and O–H groups in total. The molecule has 0 bridgehead atoms. The van der Waals surface area contributed by atoms with Crippen LogP contribution < -0.4 is 0 Å². The highest BCUT2D eigenvalue weighted by Gasteiger charge is 1.42. The second-order valence-electron chi connectivity index (χ2n) is 0.864. The van der Waals surface area contributed by atoms with Crippen molar-refractivity contribution in [2.24, 2.45) is 0 Å². The molecule has 0 radical (unpaired) electrons. The van der Waals surface area contributed by atoms with Gasteiger partial charge in [0.25, 0.3) is 0 Å². The smallest absolute Gasteiger partial charge is 0.222 e. The summed E-state index contributed by atoms with van der Waals surface area (Å²) in [6.07, 6.45) is 6.33. The third-order valence-corrected chi connectivity index (χ3v) is 0.329. The number of carbonyl (C=O) groups excluding carboxylic acids is 1. The Morgan fingerprint density at radius 1 is 1.75 bits per heavy atom. The van der Waals surface area contributed by atoms with Gasteiger partial charge in [-0.3, -0.25) is 0 Å². The van der Waals surface area contributed by atoms with Gasteiger partial charge in [-0.15, -0.1) is 0 Å². The van der Waals surface area contributed by atoms with Crippen LogP contribution in [0.5, 0.6) is 0 Å². The number of hydrogen-bond acceptors (Lipinski definition) is 2. The van der Waals surface area contributed by atoms with E-state index in [0.29, 0.717) is 0 Å². The van der Waals surface area contributed by atoms with Crippen molar-refractivity contribution in [3.8, 4) is 0 Å². The SMILES string of the molecule is C=CC=CC.N=C=O. The fourth-order valence-corrected chi connectivity index (χ4v) is 0.136. The van der Waals surface area contributed by atoms with Crippen LogP contribution in [0, 0.1) is 5.41 Å². The van der Waals surface area contributed by atoms with E-state index in [4.69, 9.17) is 10.2 Å². The molecule has 0 aliphatic carbocycles. The first-order chi connectivity index (χ1) is 3.83. The van der Waals surface area contributed by atoms with Gasteiger partial charge < -0.3 is 0 Å². The normalized spacial score (nSPS) is 6.62. The van der Waals surface area contributed by atoms with Crippen molar-refractivity contribution in [3.63, 3.8) is 0 Å². The van der Waals surface area contributed by atoms with E-state index in [2.05, 4.69) is 6.58 Å². The highest BCUT2D eigenvalue weighted by molar-refractivity contribution is 5.26. The molecule has 0 rings (SSSR count). The minimum Gasteiger partial charge on any atom is -0.222 e. The quantitative estimate of drug-likeness (QED) is 0.312. The van der Waals surface area contributed by atoms with Crippen molar-refractivity contribution in [2.75, 3.05) is 0 Å². The Hall–Kier alpha value is -1.14. The molecule has 0 saturated heterocycles. The van der Waals surface area contributed by atoms with Crippen LogP contribution >= 0.6 is 0 Å². The lowest BCUT2D eigenvalue weighted by atomic mass is 10.5. The number of nitrogens with one attached hydrogen (secondary N) is 1. The fraction of sp³-hybridized carbons (Fsp3) is 0.167. The van der Waals surface area contributed by atoms with Gasteiger partial charge in [0.1, 0.15) is 0 Å². The molecule has 0 aromatic heterocycles. The molecule has 2 nitrogen and oxygen atoms in total. The topological polar surface area (TPSA) is 40.9 Å². The molecule has 0 atom stereocenters. The third kappa shape index (κ3) is 97.9.